The molecule has 2 heteroatoms. The van der Waals surface area contributed by atoms with Crippen molar-refractivity contribution in [2.75, 3.05) is 0 Å². The van der Waals surface area contributed by atoms with Gasteiger partial charge in [0, 0.05) is 11.3 Å². The lowest BCUT2D eigenvalue weighted by Gasteiger charge is -1.90. The van der Waals surface area contributed by atoms with E-state index in [2.05, 4.69) is 23.3 Å². The lowest BCUT2D eigenvalue weighted by Crippen LogP contribution is -1.73. The predicted molar refractivity (Wildman–Crippen MR) is 49.6 cm³/mol. The van der Waals surface area contributed by atoms with Gasteiger partial charge in [-0.15, -0.1) is 0 Å². The van der Waals surface area contributed by atoms with E-state index in [1.165, 1.54) is 5.56 Å². The van der Waals surface area contributed by atoms with Gasteiger partial charge in [0.05, 0.1) is 0 Å². The molecule has 1 N–H and O–H groups in total. The highest BCUT2D eigenvalue weighted by Crippen LogP contribution is 2.24. The third-order valence-corrected chi connectivity index (χ3v) is 1.89. The fourth-order valence-corrected chi connectivity index (χ4v) is 1.09. The number of hydrogen-bond acceptors (Lipinski definition) is 1. The van der Waals surface area contributed by atoms with Crippen molar-refractivity contribution in [2.24, 2.45) is 4.99 Å². The van der Waals surface area contributed by atoms with E-state index < -0.39 is 0 Å². The molecule has 0 fully saturated rings. The Bertz CT molecular complexity index is 295. The van der Waals surface area contributed by atoms with Gasteiger partial charge in [-0.3, -0.25) is 0 Å². The third-order valence-electron chi connectivity index (χ3n) is 1.89. The minimum absolute atomic E-state index is 0.815. The van der Waals surface area contributed by atoms with E-state index in [1.54, 1.807) is 6.08 Å². The Morgan fingerprint density at radius 3 is 2.45 bits per heavy atom. The van der Waals surface area contributed by atoms with Crippen molar-refractivity contribution in [3.63, 3.8) is 0 Å². The van der Waals surface area contributed by atoms with Gasteiger partial charge in [-0.2, -0.15) is 0 Å². The largest absolute Gasteiger partial charge is 0.343 e. The van der Waals surface area contributed by atoms with Crippen LogP contribution in [-0.2, 0) is 0 Å². The molecule has 0 radical (unpaired) electrons. The molecule has 11 heavy (non-hydrogen) atoms. The second kappa shape index (κ2) is 2.74. The molecule has 1 aromatic rings. The van der Waals surface area contributed by atoms with Gasteiger partial charge >= 0.3 is 0 Å². The first-order valence-electron chi connectivity index (χ1n) is 3.49. The van der Waals surface area contributed by atoms with Crippen molar-refractivity contribution in [2.45, 2.75) is 13.8 Å². The zero-order chi connectivity index (χ0) is 8.43. The van der Waals surface area contributed by atoms with Crippen molar-refractivity contribution < 1.29 is 0 Å². The topological polar surface area (TPSA) is 28.1 Å². The molecule has 0 amide bonds. The molecule has 2 nitrogen and oxygen atoms in total. The van der Waals surface area contributed by atoms with Crippen LogP contribution >= 0.6 is 0 Å². The summed E-state index contributed by atoms with van der Waals surface area (Å²) in [5.74, 6) is 0.815. The lowest BCUT2D eigenvalue weighted by atomic mass is 10.2. The van der Waals surface area contributed by atoms with Crippen LogP contribution in [0, 0.1) is 13.8 Å². The van der Waals surface area contributed by atoms with Crippen LogP contribution in [0.5, 0.6) is 0 Å². The van der Waals surface area contributed by atoms with Crippen LogP contribution in [0.1, 0.15) is 16.8 Å². The number of aliphatic imine (C=N–C) groups is 1. The molecule has 0 saturated heterocycles. The Morgan fingerprint density at radius 2 is 2.09 bits per heavy atom. The minimum atomic E-state index is 0.815. The number of aromatic nitrogens is 1. The Balaban J connectivity index is 3.37. The van der Waals surface area contributed by atoms with E-state index in [0.29, 0.717) is 0 Å². The standard InChI is InChI=1S/C9H12N2/c1-5-8-6(2)7(3)11-9(8)10-4/h5,11H,1,4H2,2-3H3. The van der Waals surface area contributed by atoms with Gasteiger partial charge in [0.15, 0.2) is 0 Å². The fraction of sp³-hybridized carbons (Fsp3) is 0.222. The molecular formula is C9H12N2. The van der Waals surface area contributed by atoms with Crippen molar-refractivity contribution in [1.82, 2.24) is 4.98 Å². The number of aryl methyl sites for hydroxylation is 1. The Kier molecular flexibility index (Phi) is 1.94. The van der Waals surface area contributed by atoms with Crippen LogP contribution in [0.15, 0.2) is 11.6 Å². The van der Waals surface area contributed by atoms with Crippen LogP contribution in [0.3, 0.4) is 0 Å². The van der Waals surface area contributed by atoms with Gasteiger partial charge in [0.2, 0.25) is 0 Å². The Hall–Kier alpha value is -1.31. The van der Waals surface area contributed by atoms with Crippen LogP contribution < -0.4 is 0 Å². The monoisotopic (exact) mass is 148 g/mol. The highest BCUT2D eigenvalue weighted by molar-refractivity contribution is 5.66. The van der Waals surface area contributed by atoms with Gasteiger partial charge < -0.3 is 4.98 Å². The summed E-state index contributed by atoms with van der Waals surface area (Å²) in [4.78, 5) is 6.96. The predicted octanol–water partition coefficient (Wildman–Crippen LogP) is 2.61. The van der Waals surface area contributed by atoms with Crippen molar-refractivity contribution in [3.8, 4) is 0 Å². The maximum atomic E-state index is 3.85. The summed E-state index contributed by atoms with van der Waals surface area (Å²) < 4.78 is 0. The average molecular weight is 148 g/mol. The number of nitrogens with zero attached hydrogens (tertiary/aromatic N) is 1. The zero-order valence-corrected chi connectivity index (χ0v) is 6.94. The molecular weight excluding hydrogens is 136 g/mol. The zero-order valence-electron chi connectivity index (χ0n) is 6.94. The molecule has 1 rings (SSSR count). The number of nitrogens with one attached hydrogen (secondary N) is 1. The van der Waals surface area contributed by atoms with Crippen molar-refractivity contribution in [3.05, 3.63) is 23.4 Å². The van der Waals surface area contributed by atoms with Crippen LogP contribution in [0.25, 0.3) is 6.08 Å². The summed E-state index contributed by atoms with van der Waals surface area (Å²) >= 11 is 0. The van der Waals surface area contributed by atoms with E-state index in [4.69, 9.17) is 0 Å². The molecule has 0 aliphatic heterocycles. The number of aromatic amines is 1. The molecule has 0 spiro atoms. The SMILES string of the molecule is C=Cc1c(N=C)[nH]c(C)c1C. The number of hydrogen-bond donors (Lipinski definition) is 1. The van der Waals surface area contributed by atoms with Gasteiger partial charge in [0.1, 0.15) is 5.82 Å². The number of rotatable bonds is 2. The molecule has 0 saturated carbocycles. The average Bonchev–Trinajstić information content (AvgIpc) is 2.28. The first-order chi connectivity index (χ1) is 5.20. The Morgan fingerprint density at radius 1 is 1.45 bits per heavy atom. The Labute approximate surface area is 66.7 Å². The summed E-state index contributed by atoms with van der Waals surface area (Å²) in [6, 6.07) is 0. The summed E-state index contributed by atoms with van der Waals surface area (Å²) in [6.07, 6.45) is 1.79. The van der Waals surface area contributed by atoms with Gasteiger partial charge in [-0.1, -0.05) is 12.7 Å². The highest BCUT2D eigenvalue weighted by Gasteiger charge is 2.05. The maximum absolute atomic E-state index is 3.85. The molecule has 1 heterocycles. The minimum Gasteiger partial charge on any atom is -0.343 e. The lowest BCUT2D eigenvalue weighted by molar-refractivity contribution is 1.22. The van der Waals surface area contributed by atoms with Gasteiger partial charge in [-0.25, -0.2) is 4.99 Å². The third kappa shape index (κ3) is 1.11. The molecule has 1 aromatic heterocycles. The second-order valence-corrected chi connectivity index (χ2v) is 2.50. The fourth-order valence-electron chi connectivity index (χ4n) is 1.09. The molecule has 0 aromatic carbocycles. The second-order valence-electron chi connectivity index (χ2n) is 2.50. The van der Waals surface area contributed by atoms with E-state index in [-0.39, 0.29) is 0 Å². The molecule has 0 aliphatic rings. The molecule has 0 aliphatic carbocycles. The van der Waals surface area contributed by atoms with E-state index in [0.717, 1.165) is 17.1 Å². The van der Waals surface area contributed by atoms with E-state index in [9.17, 15) is 0 Å². The molecule has 0 bridgehead atoms. The first kappa shape index (κ1) is 7.79. The summed E-state index contributed by atoms with van der Waals surface area (Å²) in [5.41, 5.74) is 3.38. The van der Waals surface area contributed by atoms with E-state index >= 15 is 0 Å². The van der Waals surface area contributed by atoms with Crippen LogP contribution in [-0.4, -0.2) is 11.7 Å². The smallest absolute Gasteiger partial charge is 0.136 e. The highest BCUT2D eigenvalue weighted by atomic mass is 14.9. The number of H-pyrrole nitrogens is 1. The van der Waals surface area contributed by atoms with Crippen LogP contribution in [0.4, 0.5) is 5.82 Å². The molecule has 0 atom stereocenters. The van der Waals surface area contributed by atoms with E-state index in [1.807, 2.05) is 13.8 Å². The molecule has 0 unspecified atom stereocenters. The van der Waals surface area contributed by atoms with Crippen LogP contribution in [0.2, 0.25) is 0 Å². The quantitative estimate of drug-likeness (QED) is 0.624. The first-order valence-corrected chi connectivity index (χ1v) is 3.49. The summed E-state index contributed by atoms with van der Waals surface area (Å²) in [7, 11) is 0. The summed E-state index contributed by atoms with van der Waals surface area (Å²) in [6.45, 7) is 11.2. The maximum Gasteiger partial charge on any atom is 0.136 e. The van der Waals surface area contributed by atoms with Crippen molar-refractivity contribution in [1.29, 1.82) is 0 Å². The molecule has 58 valence electrons. The van der Waals surface area contributed by atoms with Gasteiger partial charge in [-0.05, 0) is 26.1 Å². The summed E-state index contributed by atoms with van der Waals surface area (Å²) in [5, 5.41) is 0. The van der Waals surface area contributed by atoms with Crippen molar-refractivity contribution >= 4 is 18.6 Å². The van der Waals surface area contributed by atoms with Gasteiger partial charge in [0.25, 0.3) is 0 Å². The normalized spacial score (nSPS) is 9.64.